The van der Waals surface area contributed by atoms with Crippen molar-refractivity contribution in [2.45, 2.75) is 6.92 Å². The van der Waals surface area contributed by atoms with Crippen LogP contribution in [-0.2, 0) is 0 Å². The summed E-state index contributed by atoms with van der Waals surface area (Å²) in [5.74, 6) is 0.780. The van der Waals surface area contributed by atoms with Gasteiger partial charge in [0.25, 0.3) is 0 Å². The topological polar surface area (TPSA) is 69.3 Å². The van der Waals surface area contributed by atoms with Crippen LogP contribution in [0.2, 0.25) is 5.02 Å². The monoisotopic (exact) mass is 298 g/mol. The van der Waals surface area contributed by atoms with Crippen LogP contribution in [0.15, 0.2) is 41.2 Å². The Morgan fingerprint density at radius 2 is 2.10 bits per heavy atom. The second-order valence-corrected chi connectivity index (χ2v) is 5.30. The van der Waals surface area contributed by atoms with Gasteiger partial charge in [0.05, 0.1) is 23.7 Å². The molecule has 104 valence electrons. The van der Waals surface area contributed by atoms with Gasteiger partial charge in [-0.25, -0.2) is 0 Å². The lowest BCUT2D eigenvalue weighted by molar-refractivity contribution is 0.568. The SMILES string of the molecule is Cc1nnc2c(N)c(-c3ccoc3)c3cc(Cl)ccc3n12. The Labute approximate surface area is 124 Å². The fourth-order valence-electron chi connectivity index (χ4n) is 2.70. The first-order valence-electron chi connectivity index (χ1n) is 6.42. The largest absolute Gasteiger partial charge is 0.472 e. The zero-order valence-electron chi connectivity index (χ0n) is 11.2. The summed E-state index contributed by atoms with van der Waals surface area (Å²) in [5.41, 5.74) is 10.2. The van der Waals surface area contributed by atoms with Crippen molar-refractivity contribution in [1.29, 1.82) is 0 Å². The number of nitrogen functional groups attached to an aromatic ring is 1. The number of aryl methyl sites for hydroxylation is 1. The lowest BCUT2D eigenvalue weighted by atomic mass is 10.0. The number of anilines is 1. The fourth-order valence-corrected chi connectivity index (χ4v) is 2.88. The molecule has 0 aliphatic rings. The molecule has 4 aromatic rings. The van der Waals surface area contributed by atoms with E-state index in [2.05, 4.69) is 10.2 Å². The van der Waals surface area contributed by atoms with Crippen molar-refractivity contribution in [3.63, 3.8) is 0 Å². The van der Waals surface area contributed by atoms with Crippen molar-refractivity contribution in [2.24, 2.45) is 0 Å². The lowest BCUT2D eigenvalue weighted by Crippen LogP contribution is -2.00. The van der Waals surface area contributed by atoms with E-state index in [0.717, 1.165) is 27.9 Å². The number of hydrogen-bond acceptors (Lipinski definition) is 4. The summed E-state index contributed by atoms with van der Waals surface area (Å²) < 4.78 is 7.12. The highest BCUT2D eigenvalue weighted by atomic mass is 35.5. The van der Waals surface area contributed by atoms with Crippen molar-refractivity contribution < 1.29 is 4.42 Å². The Hall–Kier alpha value is -2.53. The lowest BCUT2D eigenvalue weighted by Gasteiger charge is -2.12. The Balaban J connectivity index is 2.30. The number of nitrogens with zero attached hydrogens (tertiary/aromatic N) is 3. The average molecular weight is 299 g/mol. The van der Waals surface area contributed by atoms with E-state index >= 15 is 0 Å². The minimum Gasteiger partial charge on any atom is -0.472 e. The van der Waals surface area contributed by atoms with E-state index < -0.39 is 0 Å². The van der Waals surface area contributed by atoms with E-state index in [1.165, 1.54) is 0 Å². The number of furan rings is 1. The first kappa shape index (κ1) is 12.2. The molecule has 21 heavy (non-hydrogen) atoms. The maximum absolute atomic E-state index is 6.33. The minimum atomic E-state index is 0.562. The number of benzene rings is 1. The molecule has 3 heterocycles. The molecule has 0 radical (unpaired) electrons. The van der Waals surface area contributed by atoms with Crippen LogP contribution in [0.1, 0.15) is 5.82 Å². The van der Waals surface area contributed by atoms with E-state index in [4.69, 9.17) is 21.8 Å². The van der Waals surface area contributed by atoms with Crippen molar-refractivity contribution in [1.82, 2.24) is 14.6 Å². The van der Waals surface area contributed by atoms with Crippen LogP contribution in [0, 0.1) is 6.92 Å². The third kappa shape index (κ3) is 1.64. The Bertz CT molecular complexity index is 973. The quantitative estimate of drug-likeness (QED) is 0.582. The summed E-state index contributed by atoms with van der Waals surface area (Å²) >= 11 is 6.16. The molecule has 0 unspecified atom stereocenters. The molecule has 0 bridgehead atoms. The molecule has 0 atom stereocenters. The van der Waals surface area contributed by atoms with Gasteiger partial charge < -0.3 is 10.2 Å². The third-order valence-electron chi connectivity index (χ3n) is 3.61. The number of aromatic nitrogens is 3. The predicted molar refractivity (Wildman–Crippen MR) is 82.4 cm³/mol. The van der Waals surface area contributed by atoms with Gasteiger partial charge in [-0.05, 0) is 31.2 Å². The second-order valence-electron chi connectivity index (χ2n) is 4.87. The molecule has 5 nitrogen and oxygen atoms in total. The molecule has 0 spiro atoms. The van der Waals surface area contributed by atoms with Crippen LogP contribution < -0.4 is 5.73 Å². The van der Waals surface area contributed by atoms with Gasteiger partial charge in [0, 0.05) is 21.5 Å². The normalized spacial score (nSPS) is 11.5. The molecule has 4 rings (SSSR count). The molecule has 6 heteroatoms. The molecular formula is C15H11ClN4O. The van der Waals surface area contributed by atoms with E-state index in [1.54, 1.807) is 12.5 Å². The van der Waals surface area contributed by atoms with Crippen LogP contribution in [0.4, 0.5) is 5.69 Å². The average Bonchev–Trinajstić information content (AvgIpc) is 3.09. The molecule has 0 saturated carbocycles. The number of fused-ring (bicyclic) bond motifs is 3. The molecule has 0 amide bonds. The van der Waals surface area contributed by atoms with E-state index in [1.807, 2.05) is 35.6 Å². The molecule has 1 aromatic carbocycles. The standard InChI is InChI=1S/C15H11ClN4O/c1-8-18-19-15-14(17)13(9-4-5-21-7-9)11-6-10(16)2-3-12(11)20(8)15/h2-7H,17H2,1H3. The highest BCUT2D eigenvalue weighted by Gasteiger charge is 2.18. The Morgan fingerprint density at radius 1 is 1.24 bits per heavy atom. The summed E-state index contributed by atoms with van der Waals surface area (Å²) in [6.45, 7) is 1.89. The maximum atomic E-state index is 6.33. The van der Waals surface area contributed by atoms with Crippen molar-refractivity contribution in [3.05, 3.63) is 47.6 Å². The van der Waals surface area contributed by atoms with Gasteiger partial charge in [0.15, 0.2) is 5.65 Å². The zero-order valence-corrected chi connectivity index (χ0v) is 11.9. The third-order valence-corrected chi connectivity index (χ3v) is 3.85. The highest BCUT2D eigenvalue weighted by molar-refractivity contribution is 6.31. The van der Waals surface area contributed by atoms with Gasteiger partial charge in [0.2, 0.25) is 0 Å². The summed E-state index contributed by atoms with van der Waals surface area (Å²) in [5, 5.41) is 9.90. The maximum Gasteiger partial charge on any atom is 0.185 e. The van der Waals surface area contributed by atoms with E-state index in [-0.39, 0.29) is 0 Å². The number of pyridine rings is 1. The predicted octanol–water partition coefficient (Wildman–Crippen LogP) is 3.69. The van der Waals surface area contributed by atoms with Gasteiger partial charge in [0.1, 0.15) is 5.82 Å². The van der Waals surface area contributed by atoms with Crippen molar-refractivity contribution >= 4 is 33.8 Å². The van der Waals surface area contributed by atoms with Gasteiger partial charge in [-0.1, -0.05) is 11.6 Å². The molecule has 0 aliphatic heterocycles. The molecule has 2 N–H and O–H groups in total. The zero-order chi connectivity index (χ0) is 14.6. The van der Waals surface area contributed by atoms with Crippen LogP contribution in [0.25, 0.3) is 27.7 Å². The molecule has 0 aliphatic carbocycles. The van der Waals surface area contributed by atoms with E-state index in [0.29, 0.717) is 16.4 Å². The Kier molecular flexibility index (Phi) is 2.46. The van der Waals surface area contributed by atoms with Crippen molar-refractivity contribution in [3.8, 4) is 11.1 Å². The molecule has 3 aromatic heterocycles. The van der Waals surface area contributed by atoms with Crippen molar-refractivity contribution in [2.75, 3.05) is 5.73 Å². The van der Waals surface area contributed by atoms with Gasteiger partial charge >= 0.3 is 0 Å². The Morgan fingerprint density at radius 3 is 2.86 bits per heavy atom. The summed E-state index contributed by atoms with van der Waals surface area (Å²) in [7, 11) is 0. The molecule has 0 fully saturated rings. The first-order valence-corrected chi connectivity index (χ1v) is 6.79. The van der Waals surface area contributed by atoms with Gasteiger partial charge in [-0.3, -0.25) is 4.40 Å². The van der Waals surface area contributed by atoms with Crippen LogP contribution >= 0.6 is 11.6 Å². The number of nitrogens with two attached hydrogens (primary N) is 1. The molecular weight excluding hydrogens is 288 g/mol. The first-order chi connectivity index (χ1) is 10.2. The van der Waals surface area contributed by atoms with Crippen LogP contribution in [-0.4, -0.2) is 14.6 Å². The molecule has 0 saturated heterocycles. The summed E-state index contributed by atoms with van der Waals surface area (Å²) in [6, 6.07) is 7.56. The minimum absolute atomic E-state index is 0.562. The highest BCUT2D eigenvalue weighted by Crippen LogP contribution is 2.37. The number of rotatable bonds is 1. The number of hydrogen-bond donors (Lipinski definition) is 1. The number of halogens is 1. The summed E-state index contributed by atoms with van der Waals surface area (Å²) in [4.78, 5) is 0. The van der Waals surface area contributed by atoms with Gasteiger partial charge in [-0.15, -0.1) is 10.2 Å². The fraction of sp³-hybridized carbons (Fsp3) is 0.0667. The van der Waals surface area contributed by atoms with Crippen LogP contribution in [0.5, 0.6) is 0 Å². The smallest absolute Gasteiger partial charge is 0.185 e. The summed E-state index contributed by atoms with van der Waals surface area (Å²) in [6.07, 6.45) is 3.27. The van der Waals surface area contributed by atoms with E-state index in [9.17, 15) is 0 Å². The van der Waals surface area contributed by atoms with Gasteiger partial charge in [-0.2, -0.15) is 0 Å². The second kappa shape index (κ2) is 4.23. The van der Waals surface area contributed by atoms with Crippen LogP contribution in [0.3, 0.4) is 0 Å².